The molecule has 2 N–H and O–H groups in total. The van der Waals surface area contributed by atoms with E-state index in [9.17, 15) is 13.2 Å². The van der Waals surface area contributed by atoms with Crippen molar-refractivity contribution in [3.63, 3.8) is 0 Å². The lowest BCUT2D eigenvalue weighted by Crippen LogP contribution is -2.35. The van der Waals surface area contributed by atoms with Gasteiger partial charge in [-0.25, -0.2) is 17.9 Å². The molecule has 2 amide bonds. The number of hydrogen-bond acceptors (Lipinski definition) is 3. The maximum atomic E-state index is 12.5. The molecule has 1 aromatic carbocycles. The number of nitrogens with one attached hydrogen (secondary N) is 2. The van der Waals surface area contributed by atoms with E-state index in [0.717, 1.165) is 25.9 Å². The number of amides is 2. The van der Waals surface area contributed by atoms with Crippen LogP contribution in [-0.2, 0) is 10.0 Å². The number of carbonyl (C=O) groups excluding carboxylic acids is 1. The number of rotatable bonds is 5. The Hall–Kier alpha value is -1.60. The van der Waals surface area contributed by atoms with Crippen LogP contribution in [0.25, 0.3) is 0 Å². The van der Waals surface area contributed by atoms with E-state index in [2.05, 4.69) is 17.0 Å². The standard InChI is InChI=1S/C17H27N3O3S/c1-3-6-14-7-5-11-20(12-10-14)17(21)19-15-8-4-9-16(13-15)24(22,23)18-2/h4,8-9,13-14,18H,3,5-7,10-12H2,1-2H3,(H,19,21). The zero-order valence-electron chi connectivity index (χ0n) is 14.4. The van der Waals surface area contributed by atoms with Gasteiger partial charge in [-0.15, -0.1) is 0 Å². The molecule has 2 rings (SSSR count). The molecule has 0 aliphatic carbocycles. The molecule has 0 spiro atoms. The number of sulfonamides is 1. The molecule has 0 saturated carbocycles. The second-order valence-corrected chi connectivity index (χ2v) is 8.12. The lowest BCUT2D eigenvalue weighted by Gasteiger charge is -2.21. The SMILES string of the molecule is CCCC1CCCN(C(=O)Nc2cccc(S(=O)(=O)NC)c2)CC1. The molecule has 6 nitrogen and oxygen atoms in total. The van der Waals surface area contributed by atoms with Crippen LogP contribution >= 0.6 is 0 Å². The molecule has 0 radical (unpaired) electrons. The van der Waals surface area contributed by atoms with Gasteiger partial charge < -0.3 is 10.2 Å². The number of hydrogen-bond donors (Lipinski definition) is 2. The van der Waals surface area contributed by atoms with Crippen molar-refractivity contribution in [1.29, 1.82) is 0 Å². The Kier molecular flexibility index (Phi) is 6.62. The third-order valence-electron chi connectivity index (χ3n) is 4.50. The molecule has 1 fully saturated rings. The second-order valence-electron chi connectivity index (χ2n) is 6.24. The summed E-state index contributed by atoms with van der Waals surface area (Å²) in [6.45, 7) is 3.70. The molecule has 134 valence electrons. The fourth-order valence-electron chi connectivity index (χ4n) is 3.13. The fraction of sp³-hybridized carbons (Fsp3) is 0.588. The number of urea groups is 1. The monoisotopic (exact) mass is 353 g/mol. The Balaban J connectivity index is 2.01. The molecule has 1 aliphatic heterocycles. The first kappa shape index (κ1) is 18.7. The Morgan fingerprint density at radius 2 is 2.08 bits per heavy atom. The van der Waals surface area contributed by atoms with Crippen LogP contribution in [0, 0.1) is 5.92 Å². The maximum Gasteiger partial charge on any atom is 0.321 e. The zero-order chi connectivity index (χ0) is 17.6. The topological polar surface area (TPSA) is 78.5 Å². The van der Waals surface area contributed by atoms with Crippen LogP contribution in [0.2, 0.25) is 0 Å². The van der Waals surface area contributed by atoms with Gasteiger partial charge in [0.1, 0.15) is 0 Å². The van der Waals surface area contributed by atoms with Crippen LogP contribution in [0.3, 0.4) is 0 Å². The molecule has 1 aliphatic rings. The van der Waals surface area contributed by atoms with Gasteiger partial charge in [0.2, 0.25) is 10.0 Å². The summed E-state index contributed by atoms with van der Waals surface area (Å²) in [6.07, 6.45) is 5.64. The van der Waals surface area contributed by atoms with Crippen molar-refractivity contribution in [1.82, 2.24) is 9.62 Å². The van der Waals surface area contributed by atoms with Crippen molar-refractivity contribution in [3.8, 4) is 0 Å². The van der Waals surface area contributed by atoms with E-state index in [0.29, 0.717) is 11.6 Å². The average Bonchev–Trinajstić information content (AvgIpc) is 2.81. The first-order valence-corrected chi connectivity index (χ1v) is 10.0. The van der Waals surface area contributed by atoms with Gasteiger partial charge in [0.15, 0.2) is 0 Å². The van der Waals surface area contributed by atoms with Crippen LogP contribution < -0.4 is 10.0 Å². The van der Waals surface area contributed by atoms with Crippen LogP contribution in [0.1, 0.15) is 39.0 Å². The highest BCUT2D eigenvalue weighted by Gasteiger charge is 2.20. The first-order chi connectivity index (χ1) is 11.5. The first-order valence-electron chi connectivity index (χ1n) is 8.55. The molecule has 1 atom stereocenters. The van der Waals surface area contributed by atoms with Crippen LogP contribution in [-0.4, -0.2) is 39.5 Å². The summed E-state index contributed by atoms with van der Waals surface area (Å²) in [5, 5.41) is 2.82. The lowest BCUT2D eigenvalue weighted by molar-refractivity contribution is 0.213. The smallest absolute Gasteiger partial charge is 0.321 e. The number of benzene rings is 1. The predicted octanol–water partition coefficient (Wildman–Crippen LogP) is 3.03. The van der Waals surface area contributed by atoms with E-state index in [1.165, 1.54) is 38.4 Å². The van der Waals surface area contributed by atoms with Crippen molar-refractivity contribution >= 4 is 21.7 Å². The van der Waals surface area contributed by atoms with Crippen molar-refractivity contribution in [2.45, 2.75) is 43.9 Å². The predicted molar refractivity (Wildman–Crippen MR) is 95.5 cm³/mol. The third kappa shape index (κ3) is 4.95. The third-order valence-corrected chi connectivity index (χ3v) is 5.91. The highest BCUT2D eigenvalue weighted by Crippen LogP contribution is 2.22. The van der Waals surface area contributed by atoms with Crippen molar-refractivity contribution < 1.29 is 13.2 Å². The number of carbonyl (C=O) groups is 1. The molecule has 0 bridgehead atoms. The minimum Gasteiger partial charge on any atom is -0.325 e. The quantitative estimate of drug-likeness (QED) is 0.854. The Bertz CT molecular complexity index is 661. The molecule has 7 heteroatoms. The summed E-state index contributed by atoms with van der Waals surface area (Å²) in [4.78, 5) is 14.4. The van der Waals surface area contributed by atoms with E-state index in [1.54, 1.807) is 12.1 Å². The Labute approximate surface area is 144 Å². The summed E-state index contributed by atoms with van der Waals surface area (Å²) in [5.41, 5.74) is 0.491. The fourth-order valence-corrected chi connectivity index (χ4v) is 3.90. The number of nitrogens with zero attached hydrogens (tertiary/aromatic N) is 1. The highest BCUT2D eigenvalue weighted by molar-refractivity contribution is 7.89. The van der Waals surface area contributed by atoms with Gasteiger partial charge in [-0.05, 0) is 50.4 Å². The Morgan fingerprint density at radius 3 is 2.79 bits per heavy atom. The normalized spacial score (nSPS) is 18.9. The lowest BCUT2D eigenvalue weighted by atomic mass is 9.96. The van der Waals surface area contributed by atoms with Gasteiger partial charge in [0, 0.05) is 18.8 Å². The van der Waals surface area contributed by atoms with E-state index >= 15 is 0 Å². The van der Waals surface area contributed by atoms with E-state index in [-0.39, 0.29) is 10.9 Å². The molecule has 1 unspecified atom stereocenters. The molecule has 1 heterocycles. The maximum absolute atomic E-state index is 12.5. The summed E-state index contributed by atoms with van der Waals surface area (Å²) in [6, 6.07) is 6.14. The van der Waals surface area contributed by atoms with Gasteiger partial charge >= 0.3 is 6.03 Å². The number of likely N-dealkylation sites (tertiary alicyclic amines) is 1. The minimum atomic E-state index is -3.52. The molecular formula is C17H27N3O3S. The van der Waals surface area contributed by atoms with Crippen LogP contribution in [0.5, 0.6) is 0 Å². The van der Waals surface area contributed by atoms with Gasteiger partial charge in [-0.2, -0.15) is 0 Å². The molecule has 1 aromatic rings. The van der Waals surface area contributed by atoms with Gasteiger partial charge in [-0.3, -0.25) is 0 Å². The summed E-state index contributed by atoms with van der Waals surface area (Å²) in [7, 11) is -2.15. The minimum absolute atomic E-state index is 0.140. The summed E-state index contributed by atoms with van der Waals surface area (Å²) >= 11 is 0. The largest absolute Gasteiger partial charge is 0.325 e. The molecular weight excluding hydrogens is 326 g/mol. The van der Waals surface area contributed by atoms with Crippen LogP contribution in [0.15, 0.2) is 29.2 Å². The van der Waals surface area contributed by atoms with Gasteiger partial charge in [0.05, 0.1) is 4.90 Å². The van der Waals surface area contributed by atoms with Crippen molar-refractivity contribution in [3.05, 3.63) is 24.3 Å². The van der Waals surface area contributed by atoms with Gasteiger partial charge in [0.25, 0.3) is 0 Å². The van der Waals surface area contributed by atoms with E-state index < -0.39 is 10.0 Å². The Morgan fingerprint density at radius 1 is 1.29 bits per heavy atom. The molecule has 0 aromatic heterocycles. The summed E-state index contributed by atoms with van der Waals surface area (Å²) in [5.74, 6) is 0.705. The zero-order valence-corrected chi connectivity index (χ0v) is 15.2. The van der Waals surface area contributed by atoms with Crippen LogP contribution in [0.4, 0.5) is 10.5 Å². The van der Waals surface area contributed by atoms with Crippen molar-refractivity contribution in [2.75, 3.05) is 25.5 Å². The van der Waals surface area contributed by atoms with E-state index in [4.69, 9.17) is 0 Å². The number of anilines is 1. The molecule has 24 heavy (non-hydrogen) atoms. The summed E-state index contributed by atoms with van der Waals surface area (Å²) < 4.78 is 26.0. The molecule has 1 saturated heterocycles. The average molecular weight is 353 g/mol. The van der Waals surface area contributed by atoms with E-state index in [1.807, 2.05) is 4.90 Å². The van der Waals surface area contributed by atoms with Gasteiger partial charge in [-0.1, -0.05) is 25.8 Å². The van der Waals surface area contributed by atoms with Crippen molar-refractivity contribution in [2.24, 2.45) is 5.92 Å². The second kappa shape index (κ2) is 8.48. The highest BCUT2D eigenvalue weighted by atomic mass is 32.2.